The van der Waals surface area contributed by atoms with Gasteiger partial charge in [-0.3, -0.25) is 9.59 Å². The van der Waals surface area contributed by atoms with Gasteiger partial charge in [-0.05, 0) is 88.6 Å². The molecule has 4 rings (SSSR count). The van der Waals surface area contributed by atoms with Gasteiger partial charge in [0.2, 0.25) is 0 Å². The SMILES string of the molecule is COC(C)(C)c1ccc(Oc2c(C)cc(F)cc2C)c(-c2cn(C)c(=O)c3[nH]c(C(=O)NC(C)C)cc23)c1. The summed E-state index contributed by atoms with van der Waals surface area (Å²) >= 11 is 0. The Morgan fingerprint density at radius 2 is 1.74 bits per heavy atom. The summed E-state index contributed by atoms with van der Waals surface area (Å²) in [5.74, 6) is 0.447. The fraction of sp³-hybridized carbons (Fsp3) is 0.333. The van der Waals surface area contributed by atoms with Gasteiger partial charge >= 0.3 is 0 Å². The summed E-state index contributed by atoms with van der Waals surface area (Å²) in [4.78, 5) is 28.9. The van der Waals surface area contributed by atoms with E-state index in [9.17, 15) is 14.0 Å². The number of halogens is 1. The van der Waals surface area contributed by atoms with Crippen LogP contribution in [0.5, 0.6) is 11.5 Å². The second kappa shape index (κ2) is 10.1. The number of nitrogens with zero attached hydrogens (tertiary/aromatic N) is 1. The van der Waals surface area contributed by atoms with Gasteiger partial charge in [-0.25, -0.2) is 4.39 Å². The summed E-state index contributed by atoms with van der Waals surface area (Å²) in [5.41, 5.74) is 3.36. The lowest BCUT2D eigenvalue weighted by molar-refractivity contribution is 0.0192. The first-order chi connectivity index (χ1) is 17.8. The van der Waals surface area contributed by atoms with Crippen molar-refractivity contribution in [2.45, 2.75) is 53.2 Å². The highest BCUT2D eigenvalue weighted by Gasteiger charge is 2.24. The molecule has 0 atom stereocenters. The molecule has 4 aromatic rings. The molecule has 2 N–H and O–H groups in total. The monoisotopic (exact) mass is 519 g/mol. The number of amides is 1. The van der Waals surface area contributed by atoms with Crippen molar-refractivity contribution >= 4 is 16.8 Å². The minimum atomic E-state index is -0.602. The number of hydrogen-bond donors (Lipinski definition) is 2. The van der Waals surface area contributed by atoms with Crippen LogP contribution in [0, 0.1) is 19.7 Å². The van der Waals surface area contributed by atoms with Crippen molar-refractivity contribution in [3.05, 3.63) is 81.2 Å². The molecule has 0 fully saturated rings. The highest BCUT2D eigenvalue weighted by Crippen LogP contribution is 2.41. The number of fused-ring (bicyclic) bond motifs is 1. The number of ether oxygens (including phenoxy) is 2. The summed E-state index contributed by atoms with van der Waals surface area (Å²) in [6, 6.07) is 10.2. The molecule has 7 nitrogen and oxygen atoms in total. The van der Waals surface area contributed by atoms with Gasteiger partial charge in [0.05, 0.1) is 5.60 Å². The van der Waals surface area contributed by atoms with Crippen LogP contribution >= 0.6 is 0 Å². The third kappa shape index (κ3) is 5.09. The number of hydrogen-bond acceptors (Lipinski definition) is 4. The molecule has 2 aromatic heterocycles. The van der Waals surface area contributed by atoms with Gasteiger partial charge in [-0.1, -0.05) is 6.07 Å². The van der Waals surface area contributed by atoms with Crippen LogP contribution in [-0.2, 0) is 17.4 Å². The van der Waals surface area contributed by atoms with Gasteiger partial charge in [-0.15, -0.1) is 0 Å². The first-order valence-electron chi connectivity index (χ1n) is 12.5. The lowest BCUT2D eigenvalue weighted by Gasteiger charge is -2.25. The molecule has 0 radical (unpaired) electrons. The van der Waals surface area contributed by atoms with Crippen LogP contribution in [0.4, 0.5) is 4.39 Å². The normalized spacial score (nSPS) is 11.8. The number of H-pyrrole nitrogens is 1. The molecule has 2 aromatic carbocycles. The van der Waals surface area contributed by atoms with Crippen LogP contribution in [-0.4, -0.2) is 28.6 Å². The third-order valence-corrected chi connectivity index (χ3v) is 6.74. The molecule has 1 amide bonds. The lowest BCUT2D eigenvalue weighted by atomic mass is 9.92. The first-order valence-corrected chi connectivity index (χ1v) is 12.5. The highest BCUT2D eigenvalue weighted by atomic mass is 19.1. The molecule has 0 saturated carbocycles. The lowest BCUT2D eigenvalue weighted by Crippen LogP contribution is -2.30. The molecular formula is C30H34FN3O4. The number of aromatic nitrogens is 2. The Hall–Kier alpha value is -3.91. The number of carbonyl (C=O) groups is 1. The maximum atomic E-state index is 14.0. The van der Waals surface area contributed by atoms with E-state index in [-0.39, 0.29) is 23.3 Å². The largest absolute Gasteiger partial charge is 0.456 e. The van der Waals surface area contributed by atoms with Crippen LogP contribution in [0.2, 0.25) is 0 Å². The zero-order valence-electron chi connectivity index (χ0n) is 23.1. The van der Waals surface area contributed by atoms with E-state index in [1.165, 1.54) is 16.7 Å². The molecule has 0 aliphatic carbocycles. The van der Waals surface area contributed by atoms with Gasteiger partial charge in [0.25, 0.3) is 11.5 Å². The zero-order valence-corrected chi connectivity index (χ0v) is 23.1. The Morgan fingerprint density at radius 1 is 1.08 bits per heavy atom. The Kier molecular flexibility index (Phi) is 7.21. The van der Waals surface area contributed by atoms with E-state index in [0.717, 1.165) is 5.56 Å². The Balaban J connectivity index is 1.99. The average Bonchev–Trinajstić information content (AvgIpc) is 3.29. The Labute approximate surface area is 221 Å². The fourth-order valence-corrected chi connectivity index (χ4v) is 4.50. The number of methoxy groups -OCH3 is 1. The van der Waals surface area contributed by atoms with Crippen molar-refractivity contribution in [2.24, 2.45) is 7.05 Å². The molecule has 38 heavy (non-hydrogen) atoms. The van der Waals surface area contributed by atoms with Crippen LogP contribution in [0.1, 0.15) is 54.9 Å². The quantitative estimate of drug-likeness (QED) is 0.309. The summed E-state index contributed by atoms with van der Waals surface area (Å²) < 4.78 is 27.6. The van der Waals surface area contributed by atoms with Crippen LogP contribution < -0.4 is 15.6 Å². The van der Waals surface area contributed by atoms with Crippen LogP contribution in [0.15, 0.2) is 47.4 Å². The second-order valence-electron chi connectivity index (χ2n) is 10.5. The summed E-state index contributed by atoms with van der Waals surface area (Å²) in [6.07, 6.45) is 1.73. The number of rotatable bonds is 7. The van der Waals surface area contributed by atoms with Crippen molar-refractivity contribution < 1.29 is 18.7 Å². The number of nitrogens with one attached hydrogen (secondary N) is 2. The molecule has 8 heteroatoms. The van der Waals surface area contributed by atoms with Crippen molar-refractivity contribution in [1.82, 2.24) is 14.9 Å². The number of pyridine rings is 1. The smallest absolute Gasteiger partial charge is 0.274 e. The molecule has 0 bridgehead atoms. The number of aromatic amines is 1. The van der Waals surface area contributed by atoms with Gasteiger partial charge in [0.15, 0.2) is 0 Å². The standard InChI is InChI=1S/C30H34FN3O4/c1-16(2)32-28(35)24-14-22-23(15-34(7)29(36)26(22)33-24)21-13-19(30(5,6)37-8)9-10-25(21)38-27-17(3)11-20(31)12-18(27)4/h9-16,33H,1-8H3,(H,32,35). The molecule has 2 heterocycles. The van der Waals surface area contributed by atoms with E-state index in [0.29, 0.717) is 50.3 Å². The molecule has 0 aliphatic rings. The average molecular weight is 520 g/mol. The fourth-order valence-electron chi connectivity index (χ4n) is 4.50. The van der Waals surface area contributed by atoms with E-state index in [2.05, 4.69) is 10.3 Å². The maximum absolute atomic E-state index is 14.0. The Bertz CT molecular complexity index is 1570. The molecule has 0 spiro atoms. The van der Waals surface area contributed by atoms with E-state index in [4.69, 9.17) is 9.47 Å². The van der Waals surface area contributed by atoms with Crippen molar-refractivity contribution in [3.8, 4) is 22.6 Å². The molecule has 0 saturated heterocycles. The zero-order chi connectivity index (χ0) is 27.9. The predicted octanol–water partition coefficient (Wildman–Crippen LogP) is 6.10. The number of aryl methyl sites for hydroxylation is 3. The second-order valence-corrected chi connectivity index (χ2v) is 10.5. The van der Waals surface area contributed by atoms with E-state index < -0.39 is 5.60 Å². The van der Waals surface area contributed by atoms with Gasteiger partial charge in [0, 0.05) is 42.9 Å². The molecular weight excluding hydrogens is 485 g/mol. The minimum Gasteiger partial charge on any atom is -0.456 e. The third-order valence-electron chi connectivity index (χ3n) is 6.74. The van der Waals surface area contributed by atoms with Crippen molar-refractivity contribution in [3.63, 3.8) is 0 Å². The van der Waals surface area contributed by atoms with E-state index in [1.807, 2.05) is 45.9 Å². The number of benzene rings is 2. The van der Waals surface area contributed by atoms with Crippen molar-refractivity contribution in [1.29, 1.82) is 0 Å². The topological polar surface area (TPSA) is 85.3 Å². The van der Waals surface area contributed by atoms with Crippen LogP contribution in [0.3, 0.4) is 0 Å². The first kappa shape index (κ1) is 27.1. The highest BCUT2D eigenvalue weighted by molar-refractivity contribution is 6.03. The van der Waals surface area contributed by atoms with Gasteiger partial charge < -0.3 is 24.3 Å². The molecule has 0 unspecified atom stereocenters. The number of carbonyl (C=O) groups excluding carboxylic acids is 1. The molecule has 200 valence electrons. The van der Waals surface area contributed by atoms with Crippen molar-refractivity contribution in [2.75, 3.05) is 7.11 Å². The Morgan fingerprint density at radius 3 is 2.34 bits per heavy atom. The maximum Gasteiger partial charge on any atom is 0.274 e. The van der Waals surface area contributed by atoms with Gasteiger partial charge in [0.1, 0.15) is 28.5 Å². The summed E-state index contributed by atoms with van der Waals surface area (Å²) in [7, 11) is 3.31. The predicted molar refractivity (Wildman–Crippen MR) is 148 cm³/mol. The van der Waals surface area contributed by atoms with Crippen LogP contribution in [0.25, 0.3) is 22.0 Å². The summed E-state index contributed by atoms with van der Waals surface area (Å²) in [6.45, 7) is 11.3. The van der Waals surface area contributed by atoms with Gasteiger partial charge in [-0.2, -0.15) is 0 Å². The molecule has 0 aliphatic heterocycles. The van der Waals surface area contributed by atoms with E-state index in [1.54, 1.807) is 40.3 Å². The minimum absolute atomic E-state index is 0.0636. The summed E-state index contributed by atoms with van der Waals surface area (Å²) in [5, 5.41) is 3.45. The van der Waals surface area contributed by atoms with E-state index >= 15 is 0 Å².